The minimum absolute atomic E-state index is 0.0995. The molecule has 0 saturated carbocycles. The molecule has 33 heavy (non-hydrogen) atoms. The molecule has 1 atom stereocenters. The Bertz CT molecular complexity index is 1120. The van der Waals surface area contributed by atoms with Crippen LogP contribution in [0.3, 0.4) is 0 Å². The molecule has 0 aliphatic rings. The summed E-state index contributed by atoms with van der Waals surface area (Å²) in [6.45, 7) is 8.72. The second kappa shape index (κ2) is 11.0. The smallest absolute Gasteiger partial charge is 0.244 e. The normalized spacial score (nSPS) is 12.4. The van der Waals surface area contributed by atoms with E-state index < -0.39 is 28.5 Å². The van der Waals surface area contributed by atoms with Crippen LogP contribution in [0.25, 0.3) is 0 Å². The number of halogens is 1. The highest BCUT2D eigenvalue weighted by Gasteiger charge is 2.30. The Morgan fingerprint density at radius 2 is 1.73 bits per heavy atom. The standard InChI is InChI=1S/C24H32ClN3O4S/c1-16(2)26-24(30)19(5)27(14-20-9-7-8-17(3)12-20)23(29)15-28(33(6,31)32)22-13-21(25)11-10-18(22)4/h7-13,16,19H,14-15H2,1-6H3,(H,26,30). The lowest BCUT2D eigenvalue weighted by Gasteiger charge is -2.32. The molecular formula is C24H32ClN3O4S. The maximum Gasteiger partial charge on any atom is 0.244 e. The number of amides is 2. The fourth-order valence-corrected chi connectivity index (χ4v) is 4.51. The van der Waals surface area contributed by atoms with Gasteiger partial charge in [-0.2, -0.15) is 0 Å². The van der Waals surface area contributed by atoms with Crippen LogP contribution in [0, 0.1) is 13.8 Å². The van der Waals surface area contributed by atoms with E-state index in [0.717, 1.165) is 21.7 Å². The lowest BCUT2D eigenvalue weighted by atomic mass is 10.1. The van der Waals surface area contributed by atoms with Crippen LogP contribution in [0.15, 0.2) is 42.5 Å². The average Bonchev–Trinajstić information content (AvgIpc) is 2.70. The first-order valence-electron chi connectivity index (χ1n) is 10.7. The van der Waals surface area contributed by atoms with Crippen molar-refractivity contribution in [3.63, 3.8) is 0 Å². The van der Waals surface area contributed by atoms with Crippen molar-refractivity contribution in [2.45, 2.75) is 53.2 Å². The van der Waals surface area contributed by atoms with E-state index in [-0.39, 0.29) is 18.5 Å². The highest BCUT2D eigenvalue weighted by Crippen LogP contribution is 2.26. The van der Waals surface area contributed by atoms with Gasteiger partial charge in [0.15, 0.2) is 0 Å². The van der Waals surface area contributed by atoms with Gasteiger partial charge in [0.05, 0.1) is 11.9 Å². The summed E-state index contributed by atoms with van der Waals surface area (Å²) in [5.74, 6) is -0.802. The number of hydrogen-bond donors (Lipinski definition) is 1. The van der Waals surface area contributed by atoms with E-state index in [1.807, 2.05) is 45.0 Å². The second-order valence-corrected chi connectivity index (χ2v) is 10.9. The van der Waals surface area contributed by atoms with Crippen LogP contribution >= 0.6 is 11.6 Å². The fourth-order valence-electron chi connectivity index (χ4n) is 3.44. The number of nitrogens with one attached hydrogen (secondary N) is 1. The third kappa shape index (κ3) is 7.47. The van der Waals surface area contributed by atoms with Crippen molar-refractivity contribution in [2.75, 3.05) is 17.1 Å². The zero-order valence-electron chi connectivity index (χ0n) is 19.9. The van der Waals surface area contributed by atoms with Gasteiger partial charge >= 0.3 is 0 Å². The lowest BCUT2D eigenvalue weighted by Crippen LogP contribution is -2.52. The quantitative estimate of drug-likeness (QED) is 0.577. The van der Waals surface area contributed by atoms with Gasteiger partial charge in [0.2, 0.25) is 21.8 Å². The van der Waals surface area contributed by atoms with E-state index in [2.05, 4.69) is 5.32 Å². The topological polar surface area (TPSA) is 86.8 Å². The van der Waals surface area contributed by atoms with Crippen LogP contribution < -0.4 is 9.62 Å². The summed E-state index contributed by atoms with van der Waals surface area (Å²) >= 11 is 6.10. The molecule has 0 bridgehead atoms. The molecule has 0 heterocycles. The minimum atomic E-state index is -3.80. The molecule has 2 rings (SSSR count). The summed E-state index contributed by atoms with van der Waals surface area (Å²) < 4.78 is 26.3. The number of benzene rings is 2. The molecule has 1 N–H and O–H groups in total. The number of nitrogens with zero attached hydrogens (tertiary/aromatic N) is 2. The first kappa shape index (κ1) is 26.7. The van der Waals surface area contributed by atoms with Gasteiger partial charge in [0.25, 0.3) is 0 Å². The van der Waals surface area contributed by atoms with Crippen LogP contribution in [0.2, 0.25) is 5.02 Å². The SMILES string of the molecule is Cc1cccc(CN(C(=O)CN(c2cc(Cl)ccc2C)S(C)(=O)=O)C(C)C(=O)NC(C)C)c1. The van der Waals surface area contributed by atoms with Crippen LogP contribution in [0.1, 0.15) is 37.5 Å². The van der Waals surface area contributed by atoms with Crippen LogP contribution in [0.5, 0.6) is 0 Å². The van der Waals surface area contributed by atoms with Crippen molar-refractivity contribution in [3.05, 3.63) is 64.2 Å². The highest BCUT2D eigenvalue weighted by atomic mass is 35.5. The number of sulfonamides is 1. The van der Waals surface area contributed by atoms with Crippen LogP contribution in [0.4, 0.5) is 5.69 Å². The van der Waals surface area contributed by atoms with E-state index in [1.165, 1.54) is 11.0 Å². The summed E-state index contributed by atoms with van der Waals surface area (Å²) in [6, 6.07) is 11.6. The van der Waals surface area contributed by atoms with Gasteiger partial charge in [0.1, 0.15) is 12.6 Å². The van der Waals surface area contributed by atoms with Crippen molar-refractivity contribution >= 4 is 39.1 Å². The van der Waals surface area contributed by atoms with Crippen LogP contribution in [-0.2, 0) is 26.2 Å². The monoisotopic (exact) mass is 493 g/mol. The largest absolute Gasteiger partial charge is 0.352 e. The fraction of sp³-hybridized carbons (Fsp3) is 0.417. The van der Waals surface area contributed by atoms with Gasteiger partial charge in [-0.05, 0) is 57.9 Å². The maximum atomic E-state index is 13.5. The molecule has 7 nitrogen and oxygen atoms in total. The Labute approximate surface area is 201 Å². The van der Waals surface area contributed by atoms with Gasteiger partial charge in [-0.15, -0.1) is 0 Å². The van der Waals surface area contributed by atoms with E-state index >= 15 is 0 Å². The Balaban J connectivity index is 2.44. The Hall–Kier alpha value is -2.58. The molecule has 2 aromatic rings. The minimum Gasteiger partial charge on any atom is -0.352 e. The Morgan fingerprint density at radius 3 is 2.30 bits per heavy atom. The van der Waals surface area contributed by atoms with Crippen molar-refractivity contribution in [2.24, 2.45) is 0 Å². The number of carbonyl (C=O) groups is 2. The van der Waals surface area contributed by atoms with Gasteiger partial charge in [-0.25, -0.2) is 8.42 Å². The third-order valence-electron chi connectivity index (χ3n) is 5.15. The molecule has 2 aromatic carbocycles. The number of aryl methyl sites for hydroxylation is 2. The molecule has 1 unspecified atom stereocenters. The van der Waals surface area contributed by atoms with Gasteiger partial charge in [-0.1, -0.05) is 47.5 Å². The van der Waals surface area contributed by atoms with Crippen molar-refractivity contribution in [1.29, 1.82) is 0 Å². The van der Waals surface area contributed by atoms with E-state index in [0.29, 0.717) is 16.3 Å². The van der Waals surface area contributed by atoms with Gasteiger partial charge in [-0.3, -0.25) is 13.9 Å². The molecule has 0 aromatic heterocycles. The predicted octanol–water partition coefficient (Wildman–Crippen LogP) is 3.66. The molecule has 2 amide bonds. The molecule has 0 spiro atoms. The summed E-state index contributed by atoms with van der Waals surface area (Å²) in [7, 11) is -3.80. The predicted molar refractivity (Wildman–Crippen MR) is 133 cm³/mol. The lowest BCUT2D eigenvalue weighted by molar-refractivity contribution is -0.139. The molecule has 0 fully saturated rings. The summed E-state index contributed by atoms with van der Waals surface area (Å²) in [5.41, 5.74) is 2.85. The molecule has 0 saturated heterocycles. The first-order valence-corrected chi connectivity index (χ1v) is 12.9. The summed E-state index contributed by atoms with van der Waals surface area (Å²) in [6.07, 6.45) is 1.04. The number of anilines is 1. The first-order chi connectivity index (χ1) is 15.3. The van der Waals surface area contributed by atoms with Crippen LogP contribution in [-0.4, -0.2) is 50.0 Å². The molecular weight excluding hydrogens is 462 g/mol. The molecule has 180 valence electrons. The van der Waals surface area contributed by atoms with Crippen molar-refractivity contribution < 1.29 is 18.0 Å². The number of hydrogen-bond acceptors (Lipinski definition) is 4. The van der Waals surface area contributed by atoms with Crippen molar-refractivity contribution in [1.82, 2.24) is 10.2 Å². The maximum absolute atomic E-state index is 13.5. The molecule has 0 radical (unpaired) electrons. The zero-order valence-corrected chi connectivity index (χ0v) is 21.5. The Morgan fingerprint density at radius 1 is 1.06 bits per heavy atom. The molecule has 0 aliphatic heterocycles. The molecule has 0 aliphatic carbocycles. The molecule has 9 heteroatoms. The van der Waals surface area contributed by atoms with Gasteiger partial charge < -0.3 is 10.2 Å². The highest BCUT2D eigenvalue weighted by molar-refractivity contribution is 7.92. The zero-order chi connectivity index (χ0) is 24.9. The summed E-state index contributed by atoms with van der Waals surface area (Å²) in [5, 5.41) is 3.18. The van der Waals surface area contributed by atoms with E-state index in [1.54, 1.807) is 26.0 Å². The Kier molecular flexibility index (Phi) is 8.91. The summed E-state index contributed by atoms with van der Waals surface area (Å²) in [4.78, 5) is 27.7. The van der Waals surface area contributed by atoms with E-state index in [9.17, 15) is 18.0 Å². The number of rotatable bonds is 9. The van der Waals surface area contributed by atoms with Gasteiger partial charge in [0, 0.05) is 17.6 Å². The van der Waals surface area contributed by atoms with E-state index in [4.69, 9.17) is 11.6 Å². The third-order valence-corrected chi connectivity index (χ3v) is 6.51. The number of carbonyl (C=O) groups excluding carboxylic acids is 2. The average molecular weight is 494 g/mol. The second-order valence-electron chi connectivity index (χ2n) is 8.55. The van der Waals surface area contributed by atoms with Crippen molar-refractivity contribution in [3.8, 4) is 0 Å².